The number of hydrogen-bond acceptors (Lipinski definition) is 4. The fourth-order valence-corrected chi connectivity index (χ4v) is 3.12. The smallest absolute Gasteiger partial charge is 0.292 e. The first-order valence-electron chi connectivity index (χ1n) is 9.07. The second kappa shape index (κ2) is 7.46. The lowest BCUT2D eigenvalue weighted by Gasteiger charge is -2.08. The number of aromatic nitrogens is 4. The Morgan fingerprint density at radius 1 is 1.03 bits per heavy atom. The number of rotatable bonds is 4. The number of ketones is 1. The lowest BCUT2D eigenvalue weighted by molar-refractivity contribution is -0.137. The van der Waals surface area contributed by atoms with E-state index in [9.17, 15) is 27.2 Å². The van der Waals surface area contributed by atoms with Crippen molar-refractivity contribution in [3.63, 3.8) is 0 Å². The number of alkyl halides is 3. The monoisotopic (exact) mass is 430 g/mol. The number of carbonyl (C=O) groups is 1. The van der Waals surface area contributed by atoms with E-state index in [0.29, 0.717) is 5.69 Å². The molecule has 0 fully saturated rings. The number of benzene rings is 2. The summed E-state index contributed by atoms with van der Waals surface area (Å²) in [5.74, 6) is -0.843. The van der Waals surface area contributed by atoms with Crippen molar-refractivity contribution in [2.24, 2.45) is 0 Å². The molecule has 158 valence electrons. The van der Waals surface area contributed by atoms with Crippen molar-refractivity contribution in [3.8, 4) is 11.4 Å². The Kier molecular flexibility index (Phi) is 4.92. The van der Waals surface area contributed by atoms with E-state index in [-0.39, 0.29) is 22.6 Å². The van der Waals surface area contributed by atoms with Crippen LogP contribution in [0.25, 0.3) is 17.0 Å². The molecule has 0 radical (unpaired) electrons. The summed E-state index contributed by atoms with van der Waals surface area (Å²) in [5, 5.41) is 4.15. The molecule has 2 aromatic heterocycles. The highest BCUT2D eigenvalue weighted by atomic mass is 19.4. The molecule has 0 saturated carbocycles. The molecular formula is C21H14F4N4O2. The molecule has 31 heavy (non-hydrogen) atoms. The van der Waals surface area contributed by atoms with Crippen molar-refractivity contribution < 1.29 is 22.4 Å². The van der Waals surface area contributed by atoms with Crippen LogP contribution in [0.4, 0.5) is 17.6 Å². The molecule has 0 atom stereocenters. The van der Waals surface area contributed by atoms with E-state index in [1.807, 2.05) is 0 Å². The molecule has 4 rings (SSSR count). The average Bonchev–Trinajstić information content (AvgIpc) is 3.02. The summed E-state index contributed by atoms with van der Waals surface area (Å²) in [7, 11) is 0. The summed E-state index contributed by atoms with van der Waals surface area (Å²) in [6.45, 7) is 1.26. The zero-order chi connectivity index (χ0) is 22.3. The number of aryl methyl sites for hydroxylation is 1. The summed E-state index contributed by atoms with van der Waals surface area (Å²) in [6.07, 6.45) is -4.49. The van der Waals surface area contributed by atoms with E-state index in [0.717, 1.165) is 33.3 Å². The normalized spacial score (nSPS) is 11.8. The van der Waals surface area contributed by atoms with Gasteiger partial charge in [-0.15, -0.1) is 5.10 Å². The average molecular weight is 430 g/mol. The van der Waals surface area contributed by atoms with Crippen molar-refractivity contribution in [1.29, 1.82) is 0 Å². The lowest BCUT2D eigenvalue weighted by atomic mass is 10.1. The molecule has 10 heteroatoms. The number of carbonyl (C=O) groups excluding carboxylic acids is 1. The Labute approximate surface area is 172 Å². The van der Waals surface area contributed by atoms with Crippen LogP contribution in [0.1, 0.15) is 21.6 Å². The minimum absolute atomic E-state index is 0.106. The second-order valence-corrected chi connectivity index (χ2v) is 6.86. The Bertz CT molecular complexity index is 1340. The van der Waals surface area contributed by atoms with Gasteiger partial charge in [0.1, 0.15) is 18.2 Å². The molecular weight excluding hydrogens is 416 g/mol. The minimum Gasteiger partial charge on any atom is -0.292 e. The van der Waals surface area contributed by atoms with E-state index in [1.54, 1.807) is 6.92 Å². The van der Waals surface area contributed by atoms with Crippen LogP contribution in [0.3, 0.4) is 0 Å². The standard InChI is InChI=1S/C21H14F4N4O2/c1-12-10-18-27-28(11-17(30)13-4-8-16(22)9-5-13)20(31)29(18)19(26-12)14-2-6-15(7-3-14)21(23,24)25/h2-10H,11H2,1H3. The summed E-state index contributed by atoms with van der Waals surface area (Å²) in [6, 6.07) is 10.6. The van der Waals surface area contributed by atoms with Gasteiger partial charge in [-0.2, -0.15) is 13.2 Å². The van der Waals surface area contributed by atoms with Crippen LogP contribution in [0.2, 0.25) is 0 Å². The summed E-state index contributed by atoms with van der Waals surface area (Å²) in [4.78, 5) is 29.7. The maximum atomic E-state index is 13.1. The largest absolute Gasteiger partial charge is 0.416 e. The number of hydrogen-bond donors (Lipinski definition) is 0. The van der Waals surface area contributed by atoms with Crippen LogP contribution < -0.4 is 5.69 Å². The van der Waals surface area contributed by atoms with Gasteiger partial charge in [-0.3, -0.25) is 4.79 Å². The maximum absolute atomic E-state index is 13.1. The topological polar surface area (TPSA) is 69.3 Å². The highest BCUT2D eigenvalue weighted by Crippen LogP contribution is 2.30. The number of fused-ring (bicyclic) bond motifs is 1. The van der Waals surface area contributed by atoms with Crippen LogP contribution >= 0.6 is 0 Å². The molecule has 0 amide bonds. The highest BCUT2D eigenvalue weighted by molar-refractivity contribution is 5.95. The second-order valence-electron chi connectivity index (χ2n) is 6.86. The Balaban J connectivity index is 1.76. The zero-order valence-corrected chi connectivity index (χ0v) is 16.0. The first-order valence-corrected chi connectivity index (χ1v) is 9.07. The van der Waals surface area contributed by atoms with E-state index >= 15 is 0 Å². The summed E-state index contributed by atoms with van der Waals surface area (Å²) < 4.78 is 53.7. The van der Waals surface area contributed by atoms with Gasteiger partial charge in [-0.05, 0) is 43.3 Å². The third kappa shape index (κ3) is 3.96. The van der Waals surface area contributed by atoms with Gasteiger partial charge in [0.2, 0.25) is 0 Å². The Hall–Kier alpha value is -3.82. The molecule has 0 unspecified atom stereocenters. The van der Waals surface area contributed by atoms with Crippen molar-refractivity contribution in [2.75, 3.05) is 0 Å². The zero-order valence-electron chi connectivity index (χ0n) is 16.0. The van der Waals surface area contributed by atoms with Gasteiger partial charge in [-0.25, -0.2) is 23.3 Å². The molecule has 0 spiro atoms. The lowest BCUT2D eigenvalue weighted by Crippen LogP contribution is -2.26. The van der Waals surface area contributed by atoms with Gasteiger partial charge in [0.15, 0.2) is 11.4 Å². The first kappa shape index (κ1) is 20.5. The number of Topliss-reactive ketones (excluding diaryl/α,β-unsaturated/α-hetero) is 1. The third-order valence-electron chi connectivity index (χ3n) is 4.63. The number of halogens is 4. The molecule has 0 aliphatic rings. The van der Waals surface area contributed by atoms with Gasteiger partial charge in [0, 0.05) is 22.9 Å². The van der Waals surface area contributed by atoms with Crippen LogP contribution in [-0.2, 0) is 12.7 Å². The van der Waals surface area contributed by atoms with E-state index in [1.165, 1.54) is 30.3 Å². The Morgan fingerprint density at radius 3 is 2.29 bits per heavy atom. The fraction of sp³-hybridized carbons (Fsp3) is 0.143. The van der Waals surface area contributed by atoms with Crippen molar-refractivity contribution in [1.82, 2.24) is 19.2 Å². The van der Waals surface area contributed by atoms with Crippen molar-refractivity contribution in [3.05, 3.63) is 87.7 Å². The quantitative estimate of drug-likeness (QED) is 0.364. The molecule has 4 aromatic rings. The van der Waals surface area contributed by atoms with Crippen molar-refractivity contribution in [2.45, 2.75) is 19.6 Å². The molecule has 2 heterocycles. The molecule has 0 saturated heterocycles. The first-order chi connectivity index (χ1) is 14.6. The summed E-state index contributed by atoms with van der Waals surface area (Å²) in [5.41, 5.74) is -0.319. The SMILES string of the molecule is Cc1cc2nn(CC(=O)c3ccc(F)cc3)c(=O)n2c(-c2ccc(C(F)(F)F)cc2)n1. The van der Waals surface area contributed by atoms with Crippen molar-refractivity contribution >= 4 is 11.4 Å². The van der Waals surface area contributed by atoms with Gasteiger partial charge >= 0.3 is 11.9 Å². The predicted molar refractivity (Wildman–Crippen MR) is 103 cm³/mol. The molecule has 0 aliphatic carbocycles. The molecule has 0 bridgehead atoms. The molecule has 0 aliphatic heterocycles. The maximum Gasteiger partial charge on any atom is 0.416 e. The summed E-state index contributed by atoms with van der Waals surface area (Å²) >= 11 is 0. The highest BCUT2D eigenvalue weighted by Gasteiger charge is 2.30. The van der Waals surface area contributed by atoms with Gasteiger partial charge in [0.25, 0.3) is 0 Å². The number of nitrogens with zero attached hydrogens (tertiary/aromatic N) is 4. The Morgan fingerprint density at radius 2 is 1.68 bits per heavy atom. The molecule has 2 aromatic carbocycles. The molecule has 0 N–H and O–H groups in total. The fourth-order valence-electron chi connectivity index (χ4n) is 3.12. The van der Waals surface area contributed by atoms with E-state index < -0.39 is 35.6 Å². The minimum atomic E-state index is -4.49. The van der Waals surface area contributed by atoms with Crippen LogP contribution in [0, 0.1) is 12.7 Å². The van der Waals surface area contributed by atoms with E-state index in [2.05, 4.69) is 10.1 Å². The van der Waals surface area contributed by atoms with Crippen LogP contribution in [-0.4, -0.2) is 24.9 Å². The van der Waals surface area contributed by atoms with Crippen LogP contribution in [0.15, 0.2) is 59.4 Å². The van der Waals surface area contributed by atoms with Gasteiger partial charge in [0.05, 0.1) is 5.56 Å². The third-order valence-corrected chi connectivity index (χ3v) is 4.63. The van der Waals surface area contributed by atoms with Crippen LogP contribution in [0.5, 0.6) is 0 Å². The molecule has 6 nitrogen and oxygen atoms in total. The predicted octanol–water partition coefficient (Wildman–Crippen LogP) is 3.91. The van der Waals surface area contributed by atoms with Gasteiger partial charge in [-0.1, -0.05) is 12.1 Å². The van der Waals surface area contributed by atoms with E-state index in [4.69, 9.17) is 0 Å². The van der Waals surface area contributed by atoms with Gasteiger partial charge < -0.3 is 0 Å².